The number of ether oxygens (including phenoxy) is 1. The molecule has 1 aromatic rings. The number of hydrogen-bond donors (Lipinski definition) is 2. The van der Waals surface area contributed by atoms with E-state index in [0.29, 0.717) is 31.2 Å². The maximum Gasteiger partial charge on any atom is 0.251 e. The second-order valence-corrected chi connectivity index (χ2v) is 7.24. The van der Waals surface area contributed by atoms with Crippen molar-refractivity contribution in [2.45, 2.75) is 44.4 Å². The van der Waals surface area contributed by atoms with Crippen LogP contribution in [0.15, 0.2) is 24.3 Å². The van der Waals surface area contributed by atoms with Gasteiger partial charge >= 0.3 is 0 Å². The molecule has 2 aliphatic rings. The van der Waals surface area contributed by atoms with Gasteiger partial charge in [-0.05, 0) is 50.4 Å². The highest BCUT2D eigenvalue weighted by Crippen LogP contribution is 2.36. The Balaban J connectivity index is 1.68. The van der Waals surface area contributed by atoms with Gasteiger partial charge in [0.05, 0.1) is 12.2 Å². The molecule has 2 N–H and O–H groups in total. The standard InChI is InChI=1S/C19H28N2O3/c1-19(23)9-11-24-13-16(19)17-4-3-10-21(17)12-14-5-7-15(8-6-14)18(22)20-2/h5-8,16-17,23H,3-4,9-13H2,1-2H3,(H,20,22)/t16-,17+,19+/m0/s1. The number of amides is 1. The minimum Gasteiger partial charge on any atom is -0.390 e. The van der Waals surface area contributed by atoms with E-state index in [1.165, 1.54) is 5.56 Å². The van der Waals surface area contributed by atoms with Gasteiger partial charge in [-0.2, -0.15) is 0 Å². The lowest BCUT2D eigenvalue weighted by atomic mass is 9.79. The Hall–Kier alpha value is -1.43. The highest BCUT2D eigenvalue weighted by Gasteiger charge is 2.43. The van der Waals surface area contributed by atoms with Crippen LogP contribution in [0.5, 0.6) is 0 Å². The molecule has 0 spiro atoms. The van der Waals surface area contributed by atoms with Gasteiger partial charge in [0.25, 0.3) is 5.91 Å². The highest BCUT2D eigenvalue weighted by atomic mass is 16.5. The summed E-state index contributed by atoms with van der Waals surface area (Å²) in [4.78, 5) is 14.1. The van der Waals surface area contributed by atoms with Crippen molar-refractivity contribution in [3.63, 3.8) is 0 Å². The second kappa shape index (κ2) is 7.21. The Labute approximate surface area is 144 Å². The highest BCUT2D eigenvalue weighted by molar-refractivity contribution is 5.93. The quantitative estimate of drug-likeness (QED) is 0.883. The van der Waals surface area contributed by atoms with E-state index >= 15 is 0 Å². The first kappa shape index (κ1) is 17.4. The molecule has 1 amide bonds. The van der Waals surface area contributed by atoms with E-state index in [2.05, 4.69) is 10.2 Å². The zero-order valence-corrected chi connectivity index (χ0v) is 14.6. The number of nitrogens with one attached hydrogen (secondary N) is 1. The molecular formula is C19H28N2O3. The predicted molar refractivity (Wildman–Crippen MR) is 92.8 cm³/mol. The number of nitrogens with zero attached hydrogens (tertiary/aromatic N) is 1. The van der Waals surface area contributed by atoms with E-state index < -0.39 is 5.60 Å². The van der Waals surface area contributed by atoms with Crippen LogP contribution in [0.4, 0.5) is 0 Å². The van der Waals surface area contributed by atoms with Crippen molar-refractivity contribution < 1.29 is 14.6 Å². The summed E-state index contributed by atoms with van der Waals surface area (Å²) in [7, 11) is 1.64. The van der Waals surface area contributed by atoms with E-state index in [-0.39, 0.29) is 11.8 Å². The summed E-state index contributed by atoms with van der Waals surface area (Å²) in [5.41, 5.74) is 1.24. The molecule has 2 fully saturated rings. The van der Waals surface area contributed by atoms with Crippen molar-refractivity contribution in [3.8, 4) is 0 Å². The first-order valence-corrected chi connectivity index (χ1v) is 8.86. The van der Waals surface area contributed by atoms with Crippen LogP contribution in [0.1, 0.15) is 42.1 Å². The first-order valence-electron chi connectivity index (χ1n) is 8.86. The summed E-state index contributed by atoms with van der Waals surface area (Å²) >= 11 is 0. The van der Waals surface area contributed by atoms with Gasteiger partial charge in [-0.25, -0.2) is 0 Å². The lowest BCUT2D eigenvalue weighted by Gasteiger charge is -2.43. The normalized spacial score (nSPS) is 31.1. The van der Waals surface area contributed by atoms with Crippen LogP contribution < -0.4 is 5.32 Å². The molecular weight excluding hydrogens is 304 g/mol. The Bertz CT molecular complexity index is 570. The summed E-state index contributed by atoms with van der Waals surface area (Å²) < 4.78 is 5.65. The number of carbonyl (C=O) groups excluding carboxylic acids is 1. The third-order valence-electron chi connectivity index (χ3n) is 5.56. The molecule has 0 bridgehead atoms. The Morgan fingerprint density at radius 1 is 1.42 bits per heavy atom. The predicted octanol–water partition coefficient (Wildman–Crippen LogP) is 1.80. The van der Waals surface area contributed by atoms with Gasteiger partial charge in [-0.1, -0.05) is 12.1 Å². The molecule has 3 rings (SSSR count). The third-order valence-corrected chi connectivity index (χ3v) is 5.56. The van der Waals surface area contributed by atoms with Crippen molar-refractivity contribution in [2.75, 3.05) is 26.8 Å². The van der Waals surface area contributed by atoms with Gasteiger partial charge in [0.15, 0.2) is 0 Å². The zero-order chi connectivity index (χ0) is 17.2. The van der Waals surface area contributed by atoms with E-state index in [1.807, 2.05) is 31.2 Å². The van der Waals surface area contributed by atoms with Crippen molar-refractivity contribution in [1.29, 1.82) is 0 Å². The summed E-state index contributed by atoms with van der Waals surface area (Å²) in [5.74, 6) is 0.106. The van der Waals surface area contributed by atoms with Crippen LogP contribution >= 0.6 is 0 Å². The van der Waals surface area contributed by atoms with E-state index in [9.17, 15) is 9.90 Å². The average Bonchev–Trinajstić information content (AvgIpc) is 3.02. The first-order chi connectivity index (χ1) is 11.5. The maximum atomic E-state index is 11.6. The molecule has 0 unspecified atom stereocenters. The molecule has 2 saturated heterocycles. The molecule has 2 aliphatic heterocycles. The van der Waals surface area contributed by atoms with Gasteiger partial charge < -0.3 is 15.2 Å². The second-order valence-electron chi connectivity index (χ2n) is 7.24. The zero-order valence-electron chi connectivity index (χ0n) is 14.6. The van der Waals surface area contributed by atoms with Gasteiger partial charge in [0, 0.05) is 37.7 Å². The van der Waals surface area contributed by atoms with Crippen LogP contribution in [-0.4, -0.2) is 54.4 Å². The molecule has 3 atom stereocenters. The lowest BCUT2D eigenvalue weighted by Crippen LogP contribution is -2.52. The number of hydrogen-bond acceptors (Lipinski definition) is 4. The minimum absolute atomic E-state index is 0.0593. The van der Waals surface area contributed by atoms with Gasteiger partial charge in [-0.15, -0.1) is 0 Å². The molecule has 0 aromatic heterocycles. The number of likely N-dealkylation sites (tertiary alicyclic amines) is 1. The van der Waals surface area contributed by atoms with Gasteiger partial charge in [0.1, 0.15) is 0 Å². The third kappa shape index (κ3) is 3.63. The smallest absolute Gasteiger partial charge is 0.251 e. The fourth-order valence-corrected chi connectivity index (χ4v) is 4.02. The van der Waals surface area contributed by atoms with E-state index in [0.717, 1.165) is 25.9 Å². The molecule has 5 nitrogen and oxygen atoms in total. The van der Waals surface area contributed by atoms with E-state index in [4.69, 9.17) is 4.74 Å². The Kier molecular flexibility index (Phi) is 5.23. The van der Waals surface area contributed by atoms with Crippen LogP contribution in [-0.2, 0) is 11.3 Å². The van der Waals surface area contributed by atoms with Crippen LogP contribution in [0.3, 0.4) is 0 Å². The van der Waals surface area contributed by atoms with Crippen molar-refractivity contribution in [3.05, 3.63) is 35.4 Å². The lowest BCUT2D eigenvalue weighted by molar-refractivity contribution is -0.123. The van der Waals surface area contributed by atoms with Crippen molar-refractivity contribution in [2.24, 2.45) is 5.92 Å². The molecule has 0 saturated carbocycles. The molecule has 1 aromatic carbocycles. The largest absolute Gasteiger partial charge is 0.390 e. The van der Waals surface area contributed by atoms with Crippen molar-refractivity contribution in [1.82, 2.24) is 10.2 Å². The van der Waals surface area contributed by atoms with Crippen LogP contribution in [0, 0.1) is 5.92 Å². The molecule has 24 heavy (non-hydrogen) atoms. The summed E-state index contributed by atoms with van der Waals surface area (Å²) in [6, 6.07) is 8.15. The van der Waals surface area contributed by atoms with E-state index in [1.54, 1.807) is 7.05 Å². The molecule has 132 valence electrons. The summed E-state index contributed by atoms with van der Waals surface area (Å²) in [6.45, 7) is 5.15. The number of carbonyl (C=O) groups is 1. The molecule has 2 heterocycles. The SMILES string of the molecule is CNC(=O)c1ccc(CN2CCC[C@@H]2[C@@H]2COCC[C@@]2(C)O)cc1. The molecule has 0 radical (unpaired) electrons. The number of rotatable bonds is 4. The van der Waals surface area contributed by atoms with Gasteiger partial charge in [-0.3, -0.25) is 9.69 Å². The Morgan fingerprint density at radius 2 is 2.17 bits per heavy atom. The monoisotopic (exact) mass is 332 g/mol. The molecule has 5 heteroatoms. The fourth-order valence-electron chi connectivity index (χ4n) is 4.02. The Morgan fingerprint density at radius 3 is 2.83 bits per heavy atom. The number of aliphatic hydroxyl groups is 1. The van der Waals surface area contributed by atoms with Crippen molar-refractivity contribution >= 4 is 5.91 Å². The minimum atomic E-state index is -0.644. The fraction of sp³-hybridized carbons (Fsp3) is 0.632. The molecule has 0 aliphatic carbocycles. The number of benzene rings is 1. The summed E-state index contributed by atoms with van der Waals surface area (Å²) in [6.07, 6.45) is 2.98. The maximum absolute atomic E-state index is 11.6. The topological polar surface area (TPSA) is 61.8 Å². The van der Waals surface area contributed by atoms with Crippen LogP contribution in [0.25, 0.3) is 0 Å². The van der Waals surface area contributed by atoms with Gasteiger partial charge in [0.2, 0.25) is 0 Å². The average molecular weight is 332 g/mol. The van der Waals surface area contributed by atoms with Crippen LogP contribution in [0.2, 0.25) is 0 Å². The summed E-state index contributed by atoms with van der Waals surface area (Å²) in [5, 5.41) is 13.4.